The van der Waals surface area contributed by atoms with Crippen molar-refractivity contribution in [3.63, 3.8) is 0 Å². The number of ether oxygens (including phenoxy) is 2. The molecule has 4 unspecified atom stereocenters. The number of fused-ring (bicyclic) bond motifs is 3. The highest BCUT2D eigenvalue weighted by Crippen LogP contribution is 2.53. The number of carbonyl (C=O) groups excluding carboxylic acids is 4. The van der Waals surface area contributed by atoms with Crippen LogP contribution in [-0.2, 0) is 44.7 Å². The molecule has 0 bridgehead atoms. The summed E-state index contributed by atoms with van der Waals surface area (Å²) in [5, 5.41) is 5.60. The number of alkyl carbamates (subject to hydrolysis) is 2. The molecule has 0 radical (unpaired) electrons. The van der Waals surface area contributed by atoms with E-state index in [1.807, 2.05) is 43.7 Å². The molecule has 1 spiro atoms. The molecule has 15 nitrogen and oxygen atoms in total. The van der Waals surface area contributed by atoms with Crippen molar-refractivity contribution in [1.29, 1.82) is 0 Å². The van der Waals surface area contributed by atoms with Crippen molar-refractivity contribution >= 4 is 35.0 Å². The Bertz CT molecular complexity index is 2790. The van der Waals surface area contributed by atoms with Crippen LogP contribution in [0.5, 0.6) is 0 Å². The smallest absolute Gasteiger partial charge is 0.407 e. The van der Waals surface area contributed by atoms with Gasteiger partial charge >= 0.3 is 12.2 Å². The Morgan fingerprint density at radius 3 is 2.13 bits per heavy atom. The summed E-state index contributed by atoms with van der Waals surface area (Å²) in [6, 6.07) is 9.62. The number of amides is 4. The summed E-state index contributed by atoms with van der Waals surface area (Å²) in [7, 11) is 2.65. The molecule has 10 rings (SSSR count). The zero-order valence-electron chi connectivity index (χ0n) is 41.0. The van der Waals surface area contributed by atoms with Crippen LogP contribution in [0.15, 0.2) is 42.7 Å². The largest absolute Gasteiger partial charge is 0.453 e. The van der Waals surface area contributed by atoms with E-state index in [4.69, 9.17) is 24.4 Å². The van der Waals surface area contributed by atoms with Gasteiger partial charge in [-0.2, -0.15) is 0 Å². The number of hydrogen-bond donors (Lipinski definition) is 4. The Hall–Kier alpha value is -6.25. The second kappa shape index (κ2) is 18.9. The monoisotopic (exact) mass is 938 g/mol. The van der Waals surface area contributed by atoms with Gasteiger partial charge in [-0.15, -0.1) is 0 Å². The van der Waals surface area contributed by atoms with Gasteiger partial charge in [0, 0.05) is 48.4 Å². The van der Waals surface area contributed by atoms with E-state index in [1.165, 1.54) is 78.8 Å². The summed E-state index contributed by atoms with van der Waals surface area (Å²) in [6.45, 7) is 9.11. The number of pyridine rings is 1. The molecule has 3 aromatic heterocycles. The van der Waals surface area contributed by atoms with Crippen LogP contribution in [0.2, 0.25) is 0 Å². The molecule has 3 fully saturated rings. The first-order chi connectivity index (χ1) is 33.3. The minimum absolute atomic E-state index is 0.00563. The van der Waals surface area contributed by atoms with E-state index in [1.54, 1.807) is 0 Å². The lowest BCUT2D eigenvalue weighted by atomic mass is 9.82. The van der Waals surface area contributed by atoms with E-state index in [-0.39, 0.29) is 53.6 Å². The van der Waals surface area contributed by atoms with Crippen LogP contribution in [0.1, 0.15) is 138 Å². The first-order valence-corrected chi connectivity index (χ1v) is 25.4. The van der Waals surface area contributed by atoms with Gasteiger partial charge in [0.1, 0.15) is 17.7 Å². The number of nitrogens with one attached hydrogen (secondary N) is 4. The number of hydrogen-bond acceptors (Lipinski definition) is 9. The second-order valence-electron chi connectivity index (χ2n) is 21.0. The first-order valence-electron chi connectivity index (χ1n) is 25.4. The van der Waals surface area contributed by atoms with Crippen LogP contribution in [0.3, 0.4) is 0 Å². The molecule has 1 saturated carbocycles. The van der Waals surface area contributed by atoms with E-state index in [9.17, 15) is 19.2 Å². The van der Waals surface area contributed by atoms with Gasteiger partial charge in [0.2, 0.25) is 11.8 Å². The summed E-state index contributed by atoms with van der Waals surface area (Å²) in [5.41, 5.74) is 14.4. The molecule has 2 aliphatic heterocycles. The lowest BCUT2D eigenvalue weighted by Crippen LogP contribution is -2.51. The maximum absolute atomic E-state index is 13.9. The lowest BCUT2D eigenvalue weighted by molar-refractivity contribution is -0.135. The molecule has 4 N–H and O–H groups in total. The highest BCUT2D eigenvalue weighted by Gasteiger charge is 2.43. The topological polar surface area (TPSA) is 188 Å². The quantitative estimate of drug-likeness (QED) is 0.0946. The highest BCUT2D eigenvalue weighted by atomic mass is 16.5. The highest BCUT2D eigenvalue weighted by molar-refractivity contribution is 5.88. The van der Waals surface area contributed by atoms with Crippen molar-refractivity contribution in [2.75, 3.05) is 27.3 Å². The first kappa shape index (κ1) is 46.5. The fraction of sp³-hybridized carbons (Fsp3) is 0.537. The summed E-state index contributed by atoms with van der Waals surface area (Å²) in [5.74, 6) is 1.41. The molecule has 2 aromatic carbocycles. The van der Waals surface area contributed by atoms with Crippen LogP contribution < -0.4 is 10.6 Å². The molecule has 364 valence electrons. The van der Waals surface area contributed by atoms with Crippen molar-refractivity contribution in [3.8, 4) is 33.6 Å². The molecule has 69 heavy (non-hydrogen) atoms. The van der Waals surface area contributed by atoms with Crippen LogP contribution in [-0.4, -0.2) is 98.1 Å². The van der Waals surface area contributed by atoms with Crippen molar-refractivity contribution < 1.29 is 28.7 Å². The standard InChI is InChI=1S/C54H67N9O6/c1-30(2)41(60-52(66)68-5)25-46(64)62-22-10-14-44(62)49-56-29-43(59-49)35-17-18-36(34-13-9-12-33(34)35)48-38-27-54(20-7-8-21-54)26-37(38)39(28-55-48)32-16-19-40-42(24-32)58-50(57-40)45-15-11-23-63(45)51(65)47(31(3)4)61-53(67)69-6/h16-19,24,28-31,41,44-45,47H,7-15,20-23,25-27H2,1-6H3,(H,56,59)(H,57,58)(H,60,66)(H,61,67). The SMILES string of the molecule is COC(=O)NC(CC(=O)N1CCCC1c1ncc(-c2ccc(-c3ncc(-c4ccc5nc(C6CCCN6C(=O)C(NC(=O)OC)C(C)C)[nH]c5c4)c4c3CC3(CCCC3)C4)c3c2CCC3)[nH]1)C(C)C. The number of carbonyl (C=O) groups is 4. The number of nitrogens with zero attached hydrogens (tertiary/aromatic N) is 5. The fourth-order valence-corrected chi connectivity index (χ4v) is 12.4. The molecular formula is C54H67N9O6. The van der Waals surface area contributed by atoms with Crippen molar-refractivity contribution in [1.82, 2.24) is 45.4 Å². The molecule has 4 atom stereocenters. The Balaban J connectivity index is 0.931. The Morgan fingerprint density at radius 2 is 1.41 bits per heavy atom. The molecule has 5 aliphatic rings. The van der Waals surface area contributed by atoms with Gasteiger partial charge in [0.15, 0.2) is 0 Å². The van der Waals surface area contributed by atoms with Crippen LogP contribution in [0, 0.1) is 17.3 Å². The number of rotatable bonds is 12. The number of likely N-dealkylation sites (tertiary alicyclic amines) is 2. The maximum Gasteiger partial charge on any atom is 0.407 e. The van der Waals surface area contributed by atoms with Gasteiger partial charge < -0.3 is 39.9 Å². The molecule has 3 aliphatic carbocycles. The molecule has 4 amide bonds. The van der Waals surface area contributed by atoms with Crippen molar-refractivity contribution in [2.45, 2.75) is 142 Å². The maximum atomic E-state index is 13.9. The number of H-pyrrole nitrogens is 2. The normalized spacial score (nSPS) is 20.2. The minimum Gasteiger partial charge on any atom is -0.453 e. The fourth-order valence-electron chi connectivity index (χ4n) is 12.4. The third-order valence-electron chi connectivity index (χ3n) is 16.1. The Kier molecular flexibility index (Phi) is 12.7. The van der Waals surface area contributed by atoms with Gasteiger partial charge in [-0.3, -0.25) is 14.6 Å². The van der Waals surface area contributed by atoms with Gasteiger partial charge in [0.05, 0.1) is 54.9 Å². The van der Waals surface area contributed by atoms with E-state index < -0.39 is 18.2 Å². The van der Waals surface area contributed by atoms with Crippen LogP contribution in [0.25, 0.3) is 44.7 Å². The molecule has 5 heterocycles. The van der Waals surface area contributed by atoms with Gasteiger partial charge in [0.25, 0.3) is 0 Å². The molecular weight excluding hydrogens is 871 g/mol. The Labute approximate surface area is 404 Å². The number of methoxy groups -OCH3 is 2. The second-order valence-corrected chi connectivity index (χ2v) is 21.0. The zero-order chi connectivity index (χ0) is 48.1. The van der Waals surface area contributed by atoms with Crippen molar-refractivity contribution in [2.24, 2.45) is 17.3 Å². The third-order valence-corrected chi connectivity index (χ3v) is 16.1. The average molecular weight is 938 g/mol. The van der Waals surface area contributed by atoms with Crippen LogP contribution >= 0.6 is 0 Å². The molecule has 2 saturated heterocycles. The zero-order valence-corrected chi connectivity index (χ0v) is 41.0. The van der Waals surface area contributed by atoms with E-state index in [2.05, 4.69) is 57.1 Å². The van der Waals surface area contributed by atoms with Crippen LogP contribution in [0.4, 0.5) is 9.59 Å². The predicted octanol–water partition coefficient (Wildman–Crippen LogP) is 9.31. The number of benzene rings is 2. The van der Waals surface area contributed by atoms with E-state index >= 15 is 0 Å². The summed E-state index contributed by atoms with van der Waals surface area (Å²) < 4.78 is 9.67. The Morgan fingerprint density at radius 1 is 0.725 bits per heavy atom. The summed E-state index contributed by atoms with van der Waals surface area (Å²) >= 11 is 0. The number of aromatic nitrogens is 5. The lowest BCUT2D eigenvalue weighted by Gasteiger charge is -2.29. The average Bonchev–Trinajstić information content (AvgIpc) is 4.21. The third kappa shape index (κ3) is 8.75. The molecule has 15 heteroatoms. The van der Waals surface area contributed by atoms with E-state index in [0.717, 1.165) is 97.4 Å². The number of imidazole rings is 2. The van der Waals surface area contributed by atoms with E-state index in [0.29, 0.717) is 13.1 Å². The minimum atomic E-state index is -0.694. The van der Waals surface area contributed by atoms with Gasteiger partial charge in [-0.25, -0.2) is 19.6 Å². The predicted molar refractivity (Wildman–Crippen MR) is 263 cm³/mol. The number of aromatic amines is 2. The summed E-state index contributed by atoms with van der Waals surface area (Å²) in [6.07, 6.45) is 16.6. The molecule has 5 aromatic rings. The van der Waals surface area contributed by atoms with Crippen molar-refractivity contribution in [3.05, 3.63) is 76.6 Å². The van der Waals surface area contributed by atoms with Gasteiger partial charge in [-0.05, 0) is 128 Å². The van der Waals surface area contributed by atoms with Gasteiger partial charge in [-0.1, -0.05) is 58.7 Å². The summed E-state index contributed by atoms with van der Waals surface area (Å²) in [4.78, 5) is 78.2.